The average Bonchev–Trinajstić information content (AvgIpc) is 2.54. The minimum Gasteiger partial charge on any atom is -0.303 e. The van der Waals surface area contributed by atoms with Crippen molar-refractivity contribution in [1.82, 2.24) is 4.90 Å². The van der Waals surface area contributed by atoms with Gasteiger partial charge in [0.15, 0.2) is 5.78 Å². The summed E-state index contributed by atoms with van der Waals surface area (Å²) < 4.78 is 0. The van der Waals surface area contributed by atoms with Gasteiger partial charge in [-0.1, -0.05) is 36.4 Å². The maximum Gasteiger partial charge on any atom is 0.167 e. The number of hydrogen-bond acceptors (Lipinski definition) is 2. The molecule has 2 bridgehead atoms. The van der Waals surface area contributed by atoms with Crippen molar-refractivity contribution in [2.24, 2.45) is 11.8 Å². The summed E-state index contributed by atoms with van der Waals surface area (Å²) in [4.78, 5) is 15.3. The first-order valence-corrected chi connectivity index (χ1v) is 7.56. The number of piperidine rings is 3. The van der Waals surface area contributed by atoms with Crippen LogP contribution in [0.5, 0.6) is 0 Å². The van der Waals surface area contributed by atoms with Crippen molar-refractivity contribution in [2.75, 3.05) is 19.6 Å². The Bertz CT molecular complexity index is 655. The molecule has 3 saturated heterocycles. The van der Waals surface area contributed by atoms with E-state index >= 15 is 0 Å². The summed E-state index contributed by atoms with van der Waals surface area (Å²) in [5, 5.41) is 2.37. The van der Waals surface area contributed by atoms with Gasteiger partial charge in [-0.3, -0.25) is 4.79 Å². The first-order chi connectivity index (χ1) is 9.81. The zero-order valence-corrected chi connectivity index (χ0v) is 11.6. The highest BCUT2D eigenvalue weighted by Crippen LogP contribution is 2.34. The summed E-state index contributed by atoms with van der Waals surface area (Å²) in [6.45, 7) is 3.34. The average molecular weight is 265 g/mol. The Morgan fingerprint density at radius 1 is 1.00 bits per heavy atom. The van der Waals surface area contributed by atoms with E-state index in [1.165, 1.54) is 36.7 Å². The first kappa shape index (κ1) is 12.1. The van der Waals surface area contributed by atoms with Crippen LogP contribution in [0.25, 0.3) is 10.8 Å². The molecule has 3 aliphatic heterocycles. The monoisotopic (exact) mass is 265 g/mol. The van der Waals surface area contributed by atoms with Crippen LogP contribution < -0.4 is 0 Å². The third kappa shape index (κ3) is 1.95. The molecule has 0 spiro atoms. The zero-order valence-electron chi connectivity index (χ0n) is 11.6. The molecule has 20 heavy (non-hydrogen) atoms. The highest BCUT2D eigenvalue weighted by atomic mass is 16.1. The lowest BCUT2D eigenvalue weighted by Gasteiger charge is -2.44. The Labute approximate surface area is 119 Å². The Morgan fingerprint density at radius 3 is 2.45 bits per heavy atom. The number of nitrogens with zero attached hydrogens (tertiary/aromatic N) is 1. The highest BCUT2D eigenvalue weighted by Gasteiger charge is 2.38. The normalized spacial score (nSPS) is 28.7. The maximum atomic E-state index is 12.8. The summed E-state index contributed by atoms with van der Waals surface area (Å²) in [5.74, 6) is 1.18. The van der Waals surface area contributed by atoms with Crippen molar-refractivity contribution in [3.8, 4) is 0 Å². The van der Waals surface area contributed by atoms with Crippen LogP contribution in [0, 0.1) is 11.8 Å². The van der Waals surface area contributed by atoms with Crippen LogP contribution in [0.2, 0.25) is 0 Å². The lowest BCUT2D eigenvalue weighted by atomic mass is 9.75. The van der Waals surface area contributed by atoms with Gasteiger partial charge in [0.1, 0.15) is 0 Å². The highest BCUT2D eigenvalue weighted by molar-refractivity contribution is 6.01. The van der Waals surface area contributed by atoms with Crippen LogP contribution >= 0.6 is 0 Å². The largest absolute Gasteiger partial charge is 0.303 e. The van der Waals surface area contributed by atoms with Crippen LogP contribution in [0.3, 0.4) is 0 Å². The molecule has 102 valence electrons. The third-order valence-electron chi connectivity index (χ3n) is 5.03. The number of carbonyl (C=O) groups excluding carboxylic acids is 1. The molecule has 2 aromatic carbocycles. The van der Waals surface area contributed by atoms with Crippen molar-refractivity contribution in [1.29, 1.82) is 0 Å². The van der Waals surface area contributed by atoms with Crippen LogP contribution in [0.1, 0.15) is 23.2 Å². The fraction of sp³-hybridized carbons (Fsp3) is 0.389. The van der Waals surface area contributed by atoms with E-state index < -0.39 is 0 Å². The number of Topliss-reactive ketones (excluding diaryl/α,β-unsaturated/α-hetero) is 1. The predicted molar refractivity (Wildman–Crippen MR) is 80.9 cm³/mol. The Kier molecular flexibility index (Phi) is 2.85. The van der Waals surface area contributed by atoms with Crippen molar-refractivity contribution in [2.45, 2.75) is 12.8 Å². The standard InChI is InChI=1S/C18H19NO/c20-18(17-12-19-9-7-14(17)8-10-19)16-6-5-13-3-1-2-4-15(13)11-16/h1-6,11,14,17H,7-10,12H2. The van der Waals surface area contributed by atoms with Crippen LogP contribution in [0.15, 0.2) is 42.5 Å². The van der Waals surface area contributed by atoms with Crippen LogP contribution in [0.4, 0.5) is 0 Å². The molecule has 3 aliphatic rings. The van der Waals surface area contributed by atoms with Crippen molar-refractivity contribution < 1.29 is 4.79 Å². The van der Waals surface area contributed by atoms with Crippen molar-refractivity contribution in [3.63, 3.8) is 0 Å². The van der Waals surface area contributed by atoms with E-state index in [-0.39, 0.29) is 5.92 Å². The van der Waals surface area contributed by atoms with E-state index in [4.69, 9.17) is 0 Å². The van der Waals surface area contributed by atoms with Gasteiger partial charge < -0.3 is 4.90 Å². The van der Waals surface area contributed by atoms with Gasteiger partial charge in [-0.25, -0.2) is 0 Å². The van der Waals surface area contributed by atoms with Gasteiger partial charge in [0, 0.05) is 18.0 Å². The van der Waals surface area contributed by atoms with E-state index in [1.54, 1.807) is 0 Å². The summed E-state index contributed by atoms with van der Waals surface area (Å²) >= 11 is 0. The molecule has 0 aromatic heterocycles. The molecule has 2 nitrogen and oxygen atoms in total. The van der Waals surface area contributed by atoms with Crippen molar-refractivity contribution in [3.05, 3.63) is 48.0 Å². The molecule has 3 fully saturated rings. The smallest absolute Gasteiger partial charge is 0.167 e. The molecule has 0 saturated carbocycles. The number of ketones is 1. The fourth-order valence-corrected chi connectivity index (χ4v) is 3.82. The summed E-state index contributed by atoms with van der Waals surface area (Å²) in [6, 6.07) is 14.4. The second-order valence-corrected chi connectivity index (χ2v) is 6.17. The zero-order chi connectivity index (χ0) is 13.5. The van der Waals surface area contributed by atoms with Crippen molar-refractivity contribution >= 4 is 16.6 Å². The maximum absolute atomic E-state index is 12.8. The molecule has 1 unspecified atom stereocenters. The predicted octanol–water partition coefficient (Wildman–Crippen LogP) is 3.36. The summed E-state index contributed by atoms with van der Waals surface area (Å²) in [6.07, 6.45) is 2.40. The molecule has 0 aliphatic carbocycles. The van der Waals surface area contributed by atoms with E-state index in [1.807, 2.05) is 18.2 Å². The van der Waals surface area contributed by atoms with Crippen LogP contribution in [-0.2, 0) is 0 Å². The minimum absolute atomic E-state index is 0.221. The third-order valence-corrected chi connectivity index (χ3v) is 5.03. The van der Waals surface area contributed by atoms with Crippen LogP contribution in [-0.4, -0.2) is 30.3 Å². The molecule has 0 N–H and O–H groups in total. The topological polar surface area (TPSA) is 20.3 Å². The van der Waals surface area contributed by atoms with Gasteiger partial charge in [0.2, 0.25) is 0 Å². The summed E-state index contributed by atoms with van der Waals surface area (Å²) in [5.41, 5.74) is 0.891. The van der Waals surface area contributed by atoms with Gasteiger partial charge in [-0.2, -0.15) is 0 Å². The van der Waals surface area contributed by atoms with Gasteiger partial charge in [-0.15, -0.1) is 0 Å². The van der Waals surface area contributed by atoms with E-state index in [0.717, 1.165) is 12.1 Å². The van der Waals surface area contributed by atoms with E-state index in [0.29, 0.717) is 11.7 Å². The van der Waals surface area contributed by atoms with Gasteiger partial charge in [0.05, 0.1) is 0 Å². The SMILES string of the molecule is O=C(c1ccc2ccccc2c1)C1CN2CCC1CC2. The Hall–Kier alpha value is -1.67. The lowest BCUT2D eigenvalue weighted by molar-refractivity contribution is 0.0419. The lowest BCUT2D eigenvalue weighted by Crippen LogP contribution is -2.50. The molecule has 1 atom stereocenters. The number of hydrogen-bond donors (Lipinski definition) is 0. The van der Waals surface area contributed by atoms with Gasteiger partial charge in [0.25, 0.3) is 0 Å². The quantitative estimate of drug-likeness (QED) is 0.776. The first-order valence-electron chi connectivity index (χ1n) is 7.56. The van der Waals surface area contributed by atoms with Gasteiger partial charge in [-0.05, 0) is 48.7 Å². The fourth-order valence-electron chi connectivity index (χ4n) is 3.82. The van der Waals surface area contributed by atoms with Gasteiger partial charge >= 0.3 is 0 Å². The summed E-state index contributed by atoms with van der Waals surface area (Å²) in [7, 11) is 0. The minimum atomic E-state index is 0.221. The Morgan fingerprint density at radius 2 is 1.75 bits per heavy atom. The molecule has 3 heterocycles. The molecule has 2 heteroatoms. The molecule has 5 rings (SSSR count). The number of rotatable bonds is 2. The number of carbonyl (C=O) groups is 1. The van der Waals surface area contributed by atoms with E-state index in [9.17, 15) is 4.79 Å². The van der Waals surface area contributed by atoms with E-state index in [2.05, 4.69) is 29.2 Å². The number of fused-ring (bicyclic) bond motifs is 4. The molecule has 0 radical (unpaired) electrons. The number of benzene rings is 2. The second-order valence-electron chi connectivity index (χ2n) is 6.17. The molecule has 2 aromatic rings. The second kappa shape index (κ2) is 4.71. The molecular weight excluding hydrogens is 246 g/mol. The Balaban J connectivity index is 1.66. The molecule has 0 amide bonds. The molecular formula is C18H19NO.